The van der Waals surface area contributed by atoms with Gasteiger partial charge < -0.3 is 15.8 Å². The fraction of sp³-hybridized carbons (Fsp3) is 0.286. The van der Waals surface area contributed by atoms with Gasteiger partial charge in [0.05, 0.1) is 18.0 Å². The van der Waals surface area contributed by atoms with Crippen molar-refractivity contribution in [1.29, 1.82) is 0 Å². The van der Waals surface area contributed by atoms with Crippen molar-refractivity contribution in [2.24, 2.45) is 0 Å². The van der Waals surface area contributed by atoms with E-state index in [2.05, 4.69) is 10.4 Å². The van der Waals surface area contributed by atoms with Crippen LogP contribution in [0.5, 0.6) is 0 Å². The van der Waals surface area contributed by atoms with Crippen molar-refractivity contribution in [1.82, 2.24) is 9.78 Å². The van der Waals surface area contributed by atoms with Gasteiger partial charge in [0.1, 0.15) is 11.4 Å². The number of nitrogen functional groups attached to an aromatic ring is 1. The molecule has 3 N–H and O–H groups in total. The standard InChI is InChI=1S/C14H17FN4O2/c1-3-19-8-10(14(20)21-4-2)13(18-19)17-12-6-5-9(15)7-11(12)16/h5-8H,3-4,16H2,1-2H3,(H,17,18). The maximum Gasteiger partial charge on any atom is 0.343 e. The van der Waals surface area contributed by atoms with E-state index >= 15 is 0 Å². The number of anilines is 3. The molecule has 1 aromatic carbocycles. The van der Waals surface area contributed by atoms with Gasteiger partial charge in [0.25, 0.3) is 0 Å². The van der Waals surface area contributed by atoms with Crippen LogP contribution in [0.1, 0.15) is 24.2 Å². The predicted molar refractivity (Wildman–Crippen MR) is 78.0 cm³/mol. The van der Waals surface area contributed by atoms with Gasteiger partial charge in [-0.1, -0.05) is 0 Å². The predicted octanol–water partition coefficient (Wildman–Crippen LogP) is 2.54. The van der Waals surface area contributed by atoms with Gasteiger partial charge in [-0.25, -0.2) is 9.18 Å². The van der Waals surface area contributed by atoms with Gasteiger partial charge in [0.15, 0.2) is 5.82 Å². The lowest BCUT2D eigenvalue weighted by atomic mass is 10.2. The number of halogens is 1. The van der Waals surface area contributed by atoms with Crippen molar-refractivity contribution >= 4 is 23.2 Å². The molecule has 0 aliphatic rings. The second-order valence-corrected chi connectivity index (χ2v) is 4.32. The normalized spacial score (nSPS) is 10.4. The molecule has 0 saturated carbocycles. The molecule has 7 heteroatoms. The number of aromatic nitrogens is 2. The van der Waals surface area contributed by atoms with E-state index in [1.54, 1.807) is 17.8 Å². The number of carbonyl (C=O) groups excluding carboxylic acids is 1. The Labute approximate surface area is 121 Å². The van der Waals surface area contributed by atoms with Crippen LogP contribution >= 0.6 is 0 Å². The number of nitrogens with one attached hydrogen (secondary N) is 1. The highest BCUT2D eigenvalue weighted by Crippen LogP contribution is 2.25. The fourth-order valence-electron chi connectivity index (χ4n) is 1.81. The van der Waals surface area contributed by atoms with E-state index in [-0.39, 0.29) is 12.3 Å². The van der Waals surface area contributed by atoms with Crippen molar-refractivity contribution in [3.8, 4) is 0 Å². The van der Waals surface area contributed by atoms with Crippen LogP contribution in [0, 0.1) is 5.82 Å². The smallest absolute Gasteiger partial charge is 0.343 e. The number of ether oxygens (including phenoxy) is 1. The second-order valence-electron chi connectivity index (χ2n) is 4.32. The minimum Gasteiger partial charge on any atom is -0.462 e. The number of aryl methyl sites for hydroxylation is 1. The Bertz CT molecular complexity index is 654. The lowest BCUT2D eigenvalue weighted by molar-refractivity contribution is 0.0527. The summed E-state index contributed by atoms with van der Waals surface area (Å²) in [5.74, 6) is -0.572. The number of rotatable bonds is 5. The molecule has 0 amide bonds. The Morgan fingerprint density at radius 1 is 1.48 bits per heavy atom. The van der Waals surface area contributed by atoms with E-state index in [0.717, 1.165) is 0 Å². The molecule has 1 aromatic heterocycles. The zero-order chi connectivity index (χ0) is 15.4. The molecule has 0 aliphatic heterocycles. The Balaban J connectivity index is 2.34. The molecular formula is C14H17FN4O2. The molecule has 0 saturated heterocycles. The summed E-state index contributed by atoms with van der Waals surface area (Å²) in [6.45, 7) is 4.51. The molecule has 1 heterocycles. The molecule has 0 fully saturated rings. The molecule has 0 aliphatic carbocycles. The van der Waals surface area contributed by atoms with E-state index < -0.39 is 11.8 Å². The first-order valence-corrected chi connectivity index (χ1v) is 6.61. The third kappa shape index (κ3) is 3.31. The number of hydrogen-bond donors (Lipinski definition) is 2. The SMILES string of the molecule is CCOC(=O)c1cn(CC)nc1Nc1ccc(F)cc1N. The lowest BCUT2D eigenvalue weighted by Gasteiger charge is -2.08. The summed E-state index contributed by atoms with van der Waals surface area (Å²) in [5, 5.41) is 7.18. The van der Waals surface area contributed by atoms with Crippen LogP contribution in [0.15, 0.2) is 24.4 Å². The van der Waals surface area contributed by atoms with Gasteiger partial charge in [0.2, 0.25) is 0 Å². The molecule has 0 radical (unpaired) electrons. The molecule has 21 heavy (non-hydrogen) atoms. The minimum absolute atomic E-state index is 0.232. The zero-order valence-corrected chi connectivity index (χ0v) is 11.9. The van der Waals surface area contributed by atoms with Crippen LogP contribution in [0.2, 0.25) is 0 Å². The molecule has 6 nitrogen and oxygen atoms in total. The minimum atomic E-state index is -0.472. The van der Waals surface area contributed by atoms with Gasteiger partial charge in [-0.15, -0.1) is 0 Å². The first kappa shape index (κ1) is 14.8. The third-order valence-corrected chi connectivity index (χ3v) is 2.85. The quantitative estimate of drug-likeness (QED) is 0.653. The summed E-state index contributed by atoms with van der Waals surface area (Å²) >= 11 is 0. The van der Waals surface area contributed by atoms with Crippen LogP contribution in [0.4, 0.5) is 21.6 Å². The Morgan fingerprint density at radius 3 is 2.86 bits per heavy atom. The summed E-state index contributed by atoms with van der Waals surface area (Å²) < 4.78 is 19.6. The van der Waals surface area contributed by atoms with Crippen LogP contribution in [-0.2, 0) is 11.3 Å². The average Bonchev–Trinajstić information content (AvgIpc) is 2.85. The third-order valence-electron chi connectivity index (χ3n) is 2.85. The monoisotopic (exact) mass is 292 g/mol. The number of benzene rings is 1. The fourth-order valence-corrected chi connectivity index (χ4v) is 1.81. The Morgan fingerprint density at radius 2 is 2.24 bits per heavy atom. The van der Waals surface area contributed by atoms with E-state index in [9.17, 15) is 9.18 Å². The van der Waals surface area contributed by atoms with E-state index in [0.29, 0.717) is 23.6 Å². The molecule has 0 bridgehead atoms. The molecule has 2 aromatic rings. The van der Waals surface area contributed by atoms with Crippen LogP contribution in [0.3, 0.4) is 0 Å². The van der Waals surface area contributed by atoms with E-state index in [4.69, 9.17) is 10.5 Å². The molecule has 112 valence electrons. The van der Waals surface area contributed by atoms with Crippen molar-refractivity contribution in [3.05, 3.63) is 35.8 Å². The number of hydrogen-bond acceptors (Lipinski definition) is 5. The molecule has 0 unspecified atom stereocenters. The average molecular weight is 292 g/mol. The number of nitrogens with two attached hydrogens (primary N) is 1. The number of nitrogens with zero attached hydrogens (tertiary/aromatic N) is 2. The van der Waals surface area contributed by atoms with Gasteiger partial charge >= 0.3 is 5.97 Å². The molecular weight excluding hydrogens is 275 g/mol. The van der Waals surface area contributed by atoms with Crippen LogP contribution in [0.25, 0.3) is 0 Å². The van der Waals surface area contributed by atoms with Gasteiger partial charge in [-0.05, 0) is 32.0 Å². The molecule has 0 spiro atoms. The first-order chi connectivity index (χ1) is 10.0. The van der Waals surface area contributed by atoms with Crippen LogP contribution in [-0.4, -0.2) is 22.4 Å². The first-order valence-electron chi connectivity index (χ1n) is 6.61. The summed E-state index contributed by atoms with van der Waals surface area (Å²) in [6, 6.07) is 3.97. The van der Waals surface area contributed by atoms with E-state index in [1.807, 2.05) is 6.92 Å². The van der Waals surface area contributed by atoms with Crippen molar-refractivity contribution < 1.29 is 13.9 Å². The highest BCUT2D eigenvalue weighted by molar-refractivity contribution is 5.95. The molecule has 0 atom stereocenters. The summed E-state index contributed by atoms with van der Waals surface area (Å²) in [5.41, 5.74) is 6.76. The lowest BCUT2D eigenvalue weighted by Crippen LogP contribution is -2.07. The zero-order valence-electron chi connectivity index (χ0n) is 11.9. The highest BCUT2D eigenvalue weighted by Gasteiger charge is 2.18. The number of carbonyl (C=O) groups is 1. The summed E-state index contributed by atoms with van der Waals surface area (Å²) in [7, 11) is 0. The van der Waals surface area contributed by atoms with Crippen LogP contribution < -0.4 is 11.1 Å². The number of esters is 1. The topological polar surface area (TPSA) is 82.2 Å². The van der Waals surface area contributed by atoms with Crippen molar-refractivity contribution in [3.63, 3.8) is 0 Å². The largest absolute Gasteiger partial charge is 0.462 e. The van der Waals surface area contributed by atoms with Crippen molar-refractivity contribution in [2.75, 3.05) is 17.7 Å². The van der Waals surface area contributed by atoms with Crippen molar-refractivity contribution in [2.45, 2.75) is 20.4 Å². The van der Waals surface area contributed by atoms with Gasteiger partial charge in [-0.2, -0.15) is 5.10 Å². The summed E-state index contributed by atoms with van der Waals surface area (Å²) in [6.07, 6.45) is 1.60. The Hall–Kier alpha value is -2.57. The summed E-state index contributed by atoms with van der Waals surface area (Å²) in [4.78, 5) is 11.9. The van der Waals surface area contributed by atoms with Gasteiger partial charge in [0, 0.05) is 12.7 Å². The van der Waals surface area contributed by atoms with E-state index in [1.165, 1.54) is 18.2 Å². The second kappa shape index (κ2) is 6.25. The molecule has 2 rings (SSSR count). The maximum atomic E-state index is 13.1. The Kier molecular flexibility index (Phi) is 4.42. The highest BCUT2D eigenvalue weighted by atomic mass is 19.1. The maximum absolute atomic E-state index is 13.1. The van der Waals surface area contributed by atoms with Gasteiger partial charge in [-0.3, -0.25) is 4.68 Å².